The molecule has 0 aromatic heterocycles. The van der Waals surface area contributed by atoms with E-state index in [1.165, 1.54) is 12.5 Å². The Morgan fingerprint density at radius 1 is 1.29 bits per heavy atom. The van der Waals surface area contributed by atoms with E-state index in [9.17, 15) is 4.39 Å². The summed E-state index contributed by atoms with van der Waals surface area (Å²) in [6, 6.07) is 8.42. The van der Waals surface area contributed by atoms with Crippen molar-refractivity contribution < 1.29 is 4.39 Å². The van der Waals surface area contributed by atoms with Crippen molar-refractivity contribution in [3.8, 4) is 0 Å². The monoisotopic (exact) mass is 233 g/mol. The summed E-state index contributed by atoms with van der Waals surface area (Å²) in [7, 11) is 0. The molecule has 92 valence electrons. The third-order valence-corrected chi connectivity index (χ3v) is 4.41. The van der Waals surface area contributed by atoms with Crippen molar-refractivity contribution in [3.05, 3.63) is 35.6 Å². The van der Waals surface area contributed by atoms with Gasteiger partial charge in [-0.25, -0.2) is 4.39 Å². The summed E-state index contributed by atoms with van der Waals surface area (Å²) < 4.78 is 13.1. The zero-order valence-corrected chi connectivity index (χ0v) is 10.5. The maximum absolute atomic E-state index is 13.1. The van der Waals surface area contributed by atoms with Gasteiger partial charge in [-0.1, -0.05) is 26.0 Å². The van der Waals surface area contributed by atoms with E-state index in [0.29, 0.717) is 23.4 Å². The van der Waals surface area contributed by atoms with Crippen LogP contribution in [-0.4, -0.2) is 12.1 Å². The van der Waals surface area contributed by atoms with Gasteiger partial charge in [0.25, 0.3) is 0 Å². The predicted molar refractivity (Wildman–Crippen MR) is 67.5 cm³/mol. The van der Waals surface area contributed by atoms with Gasteiger partial charge in [0.2, 0.25) is 0 Å². The highest BCUT2D eigenvalue weighted by Crippen LogP contribution is 2.47. The lowest BCUT2D eigenvalue weighted by molar-refractivity contribution is 0.278. The second-order valence-electron chi connectivity index (χ2n) is 6.33. The number of halogens is 1. The van der Waals surface area contributed by atoms with Crippen molar-refractivity contribution in [2.24, 2.45) is 5.41 Å². The second-order valence-corrected chi connectivity index (χ2v) is 6.33. The molecule has 0 saturated heterocycles. The van der Waals surface area contributed by atoms with Crippen LogP contribution in [0.1, 0.15) is 44.6 Å². The molecule has 0 radical (unpaired) electrons. The summed E-state index contributed by atoms with van der Waals surface area (Å²) in [5.41, 5.74) is 1.67. The Bertz CT molecular complexity index is 421. The summed E-state index contributed by atoms with van der Waals surface area (Å²) in [6.45, 7) is 4.63. The first-order valence-electron chi connectivity index (χ1n) is 6.56. The Morgan fingerprint density at radius 2 is 2.00 bits per heavy atom. The number of rotatable bonds is 3. The van der Waals surface area contributed by atoms with Crippen LogP contribution in [0.15, 0.2) is 24.3 Å². The third-order valence-electron chi connectivity index (χ3n) is 4.41. The van der Waals surface area contributed by atoms with Crippen molar-refractivity contribution in [1.82, 2.24) is 5.32 Å². The Labute approximate surface area is 102 Å². The minimum absolute atomic E-state index is 0.109. The smallest absolute Gasteiger partial charge is 0.123 e. The van der Waals surface area contributed by atoms with E-state index in [-0.39, 0.29) is 5.82 Å². The molecule has 0 amide bonds. The molecule has 1 aromatic rings. The summed E-state index contributed by atoms with van der Waals surface area (Å²) in [5, 5.41) is 3.70. The van der Waals surface area contributed by atoms with Crippen LogP contribution in [0.4, 0.5) is 4.39 Å². The Balaban J connectivity index is 1.52. The van der Waals surface area contributed by atoms with Crippen LogP contribution in [0.3, 0.4) is 0 Å². The van der Waals surface area contributed by atoms with Crippen LogP contribution in [0.2, 0.25) is 0 Å². The number of benzene rings is 1. The zero-order valence-electron chi connectivity index (χ0n) is 10.5. The van der Waals surface area contributed by atoms with Gasteiger partial charge in [-0.2, -0.15) is 0 Å². The highest BCUT2D eigenvalue weighted by molar-refractivity contribution is 5.24. The molecule has 2 heteroatoms. The topological polar surface area (TPSA) is 12.0 Å². The first-order valence-corrected chi connectivity index (χ1v) is 6.56. The van der Waals surface area contributed by atoms with Gasteiger partial charge in [0.15, 0.2) is 0 Å². The van der Waals surface area contributed by atoms with Crippen LogP contribution in [0.25, 0.3) is 0 Å². The third kappa shape index (κ3) is 2.23. The zero-order chi connectivity index (χ0) is 12.0. The van der Waals surface area contributed by atoms with Crippen molar-refractivity contribution in [2.75, 3.05) is 0 Å². The molecule has 1 N–H and O–H groups in total. The molecule has 2 fully saturated rings. The highest BCUT2D eigenvalue weighted by Gasteiger charge is 2.47. The molecule has 3 rings (SSSR count). The van der Waals surface area contributed by atoms with Crippen molar-refractivity contribution in [1.29, 1.82) is 0 Å². The molecule has 2 aliphatic rings. The molecule has 0 aliphatic heterocycles. The fourth-order valence-electron chi connectivity index (χ4n) is 2.82. The fraction of sp³-hybridized carbons (Fsp3) is 0.600. The van der Waals surface area contributed by atoms with E-state index in [0.717, 1.165) is 18.4 Å². The van der Waals surface area contributed by atoms with Gasteiger partial charge in [0, 0.05) is 12.1 Å². The van der Waals surface area contributed by atoms with E-state index < -0.39 is 0 Å². The number of nitrogens with one attached hydrogen (secondary N) is 1. The lowest BCUT2D eigenvalue weighted by Crippen LogP contribution is -2.42. The van der Waals surface area contributed by atoms with Crippen LogP contribution in [-0.2, 0) is 0 Å². The normalized spacial score (nSPS) is 34.2. The Morgan fingerprint density at radius 3 is 2.59 bits per heavy atom. The SMILES string of the molecule is CC1(C)CC1NC1CC(c2cccc(F)c2)C1. The fourth-order valence-corrected chi connectivity index (χ4v) is 2.82. The molecule has 0 spiro atoms. The molecule has 1 aromatic carbocycles. The second kappa shape index (κ2) is 3.81. The van der Waals surface area contributed by atoms with Crippen LogP contribution < -0.4 is 5.32 Å². The van der Waals surface area contributed by atoms with Crippen molar-refractivity contribution in [2.45, 2.75) is 51.1 Å². The van der Waals surface area contributed by atoms with E-state index in [4.69, 9.17) is 0 Å². The van der Waals surface area contributed by atoms with Gasteiger partial charge >= 0.3 is 0 Å². The maximum Gasteiger partial charge on any atom is 0.123 e. The maximum atomic E-state index is 13.1. The van der Waals surface area contributed by atoms with Crippen LogP contribution >= 0.6 is 0 Å². The Hall–Kier alpha value is -0.890. The molecule has 2 aliphatic carbocycles. The molecule has 2 saturated carbocycles. The van der Waals surface area contributed by atoms with Crippen molar-refractivity contribution >= 4 is 0 Å². The first kappa shape index (κ1) is 11.2. The van der Waals surface area contributed by atoms with Gasteiger partial charge in [0.05, 0.1) is 0 Å². The van der Waals surface area contributed by atoms with E-state index in [1.54, 1.807) is 6.07 Å². The summed E-state index contributed by atoms with van der Waals surface area (Å²) in [5.74, 6) is 0.451. The molecule has 0 bridgehead atoms. The highest BCUT2D eigenvalue weighted by atomic mass is 19.1. The average molecular weight is 233 g/mol. The van der Waals surface area contributed by atoms with Crippen LogP contribution in [0, 0.1) is 11.2 Å². The van der Waals surface area contributed by atoms with E-state index in [2.05, 4.69) is 19.2 Å². The number of hydrogen-bond acceptors (Lipinski definition) is 1. The number of hydrogen-bond donors (Lipinski definition) is 1. The molecule has 17 heavy (non-hydrogen) atoms. The van der Waals surface area contributed by atoms with Gasteiger partial charge < -0.3 is 5.32 Å². The molecular weight excluding hydrogens is 213 g/mol. The van der Waals surface area contributed by atoms with E-state index in [1.807, 2.05) is 12.1 Å². The van der Waals surface area contributed by atoms with Gasteiger partial charge in [-0.3, -0.25) is 0 Å². The lowest BCUT2D eigenvalue weighted by Gasteiger charge is -2.37. The lowest BCUT2D eigenvalue weighted by atomic mass is 9.76. The molecule has 1 atom stereocenters. The van der Waals surface area contributed by atoms with E-state index >= 15 is 0 Å². The van der Waals surface area contributed by atoms with Crippen LogP contribution in [0.5, 0.6) is 0 Å². The molecular formula is C15H20FN. The molecule has 0 heterocycles. The van der Waals surface area contributed by atoms with Crippen molar-refractivity contribution in [3.63, 3.8) is 0 Å². The standard InChI is InChI=1S/C15H20FN/c1-15(2)9-14(15)17-13-7-11(8-13)10-4-3-5-12(16)6-10/h3-6,11,13-14,17H,7-9H2,1-2H3. The molecule has 1 unspecified atom stereocenters. The minimum Gasteiger partial charge on any atom is -0.311 e. The summed E-state index contributed by atoms with van der Waals surface area (Å²) in [4.78, 5) is 0. The Kier molecular flexibility index (Phi) is 2.51. The minimum atomic E-state index is -0.109. The summed E-state index contributed by atoms with van der Waals surface area (Å²) >= 11 is 0. The van der Waals surface area contributed by atoms with Gasteiger partial charge in [0.1, 0.15) is 5.82 Å². The summed E-state index contributed by atoms with van der Waals surface area (Å²) in [6.07, 6.45) is 3.63. The average Bonchev–Trinajstić information content (AvgIpc) is 2.79. The predicted octanol–water partition coefficient (Wildman–Crippen LogP) is 3.46. The largest absolute Gasteiger partial charge is 0.311 e. The van der Waals surface area contributed by atoms with Gasteiger partial charge in [-0.15, -0.1) is 0 Å². The molecule has 1 nitrogen and oxygen atoms in total. The quantitative estimate of drug-likeness (QED) is 0.843. The van der Waals surface area contributed by atoms with Gasteiger partial charge in [-0.05, 0) is 48.3 Å². The first-order chi connectivity index (χ1) is 8.04.